The maximum absolute atomic E-state index is 12.1. The SMILES string of the molecule is C[N@+]12CCCC[C@@H]1[C@H](COC(=O)CN1CCOCC1)CCC2. The molecule has 3 fully saturated rings. The van der Waals surface area contributed by atoms with Crippen molar-refractivity contribution < 1.29 is 18.8 Å². The van der Waals surface area contributed by atoms with Crippen molar-refractivity contribution in [2.75, 3.05) is 59.6 Å². The Morgan fingerprint density at radius 2 is 1.95 bits per heavy atom. The van der Waals surface area contributed by atoms with Crippen LogP contribution >= 0.6 is 0 Å². The molecule has 0 radical (unpaired) electrons. The lowest BCUT2D eigenvalue weighted by Crippen LogP contribution is -2.61. The lowest BCUT2D eigenvalue weighted by Gasteiger charge is -2.51. The van der Waals surface area contributed by atoms with Crippen LogP contribution in [0.3, 0.4) is 0 Å². The first-order chi connectivity index (χ1) is 10.7. The van der Waals surface area contributed by atoms with Gasteiger partial charge in [-0.1, -0.05) is 0 Å². The van der Waals surface area contributed by atoms with Gasteiger partial charge in [0.15, 0.2) is 0 Å². The van der Waals surface area contributed by atoms with Gasteiger partial charge >= 0.3 is 5.97 Å². The number of carbonyl (C=O) groups is 1. The molecule has 3 heterocycles. The summed E-state index contributed by atoms with van der Waals surface area (Å²) in [6, 6.07) is 0.707. The van der Waals surface area contributed by atoms with Gasteiger partial charge in [-0.2, -0.15) is 0 Å². The highest BCUT2D eigenvalue weighted by molar-refractivity contribution is 5.71. The Morgan fingerprint density at radius 1 is 1.18 bits per heavy atom. The summed E-state index contributed by atoms with van der Waals surface area (Å²) < 4.78 is 12.2. The normalized spacial score (nSPS) is 36.6. The molecule has 0 amide bonds. The molecule has 0 bridgehead atoms. The van der Waals surface area contributed by atoms with Gasteiger partial charge in [0, 0.05) is 25.4 Å². The van der Waals surface area contributed by atoms with E-state index in [2.05, 4.69) is 11.9 Å². The molecule has 0 saturated carbocycles. The molecule has 0 aromatic rings. The number of piperidine rings is 2. The van der Waals surface area contributed by atoms with Crippen molar-refractivity contribution in [3.8, 4) is 0 Å². The van der Waals surface area contributed by atoms with E-state index in [1.165, 1.54) is 49.7 Å². The van der Waals surface area contributed by atoms with Gasteiger partial charge in [0.25, 0.3) is 0 Å². The van der Waals surface area contributed by atoms with Gasteiger partial charge in [-0.05, 0) is 25.7 Å². The summed E-state index contributed by atoms with van der Waals surface area (Å²) in [5, 5.41) is 0. The number of hydrogen-bond acceptors (Lipinski definition) is 4. The van der Waals surface area contributed by atoms with E-state index in [1.54, 1.807) is 0 Å². The van der Waals surface area contributed by atoms with Crippen molar-refractivity contribution in [2.24, 2.45) is 5.92 Å². The van der Waals surface area contributed by atoms with Crippen LogP contribution in [0.4, 0.5) is 0 Å². The number of nitrogens with zero attached hydrogens (tertiary/aromatic N) is 2. The van der Waals surface area contributed by atoms with Gasteiger partial charge in [0.2, 0.25) is 0 Å². The van der Waals surface area contributed by atoms with Gasteiger partial charge < -0.3 is 14.0 Å². The second-order valence-electron chi connectivity index (χ2n) is 7.46. The van der Waals surface area contributed by atoms with E-state index in [0.29, 0.717) is 25.1 Å². The lowest BCUT2D eigenvalue weighted by atomic mass is 9.82. The Balaban J connectivity index is 1.46. The summed E-state index contributed by atoms with van der Waals surface area (Å²) >= 11 is 0. The molecule has 3 saturated heterocycles. The zero-order chi connectivity index (χ0) is 15.4. The zero-order valence-electron chi connectivity index (χ0n) is 14.0. The standard InChI is InChI=1S/C17H31N2O3/c1-19-9-3-2-6-16(19)15(5-4-10-19)14-22-17(20)13-18-7-11-21-12-8-18/h15-16H,2-14H2,1H3/q+1/t15-,16+,19+/m0/s1. The maximum Gasteiger partial charge on any atom is 0.320 e. The lowest BCUT2D eigenvalue weighted by molar-refractivity contribution is -0.947. The number of carbonyl (C=O) groups excluding carboxylic acids is 1. The number of ether oxygens (including phenoxy) is 2. The number of morpholine rings is 1. The number of esters is 1. The van der Waals surface area contributed by atoms with Crippen LogP contribution in [0.2, 0.25) is 0 Å². The summed E-state index contributed by atoms with van der Waals surface area (Å²) in [6.07, 6.45) is 6.51. The third-order valence-corrected chi connectivity index (χ3v) is 5.92. The fraction of sp³-hybridized carbons (Fsp3) is 0.941. The van der Waals surface area contributed by atoms with Crippen molar-refractivity contribution in [1.82, 2.24) is 4.90 Å². The summed E-state index contributed by atoms with van der Waals surface area (Å²) in [7, 11) is 2.41. The molecule has 3 aliphatic rings. The van der Waals surface area contributed by atoms with Crippen LogP contribution in [0.5, 0.6) is 0 Å². The predicted molar refractivity (Wildman–Crippen MR) is 84.5 cm³/mol. The molecule has 3 rings (SSSR count). The van der Waals surface area contributed by atoms with Crippen LogP contribution < -0.4 is 0 Å². The number of fused-ring (bicyclic) bond motifs is 1. The second-order valence-corrected chi connectivity index (χ2v) is 7.46. The van der Waals surface area contributed by atoms with Crippen LogP contribution in [0.25, 0.3) is 0 Å². The summed E-state index contributed by atoms with van der Waals surface area (Å²) in [5.74, 6) is 0.505. The number of quaternary nitrogens is 1. The minimum Gasteiger partial charge on any atom is -0.464 e. The molecular weight excluding hydrogens is 280 g/mol. The minimum atomic E-state index is -0.0579. The minimum absolute atomic E-state index is 0.0579. The van der Waals surface area contributed by atoms with Crippen LogP contribution in [0.1, 0.15) is 32.1 Å². The van der Waals surface area contributed by atoms with Gasteiger partial charge in [0.05, 0.1) is 52.5 Å². The van der Waals surface area contributed by atoms with Gasteiger partial charge in [-0.15, -0.1) is 0 Å². The second kappa shape index (κ2) is 7.28. The first-order valence-electron chi connectivity index (χ1n) is 8.97. The molecule has 0 aliphatic carbocycles. The quantitative estimate of drug-likeness (QED) is 0.579. The maximum atomic E-state index is 12.1. The van der Waals surface area contributed by atoms with Crippen molar-refractivity contribution in [3.05, 3.63) is 0 Å². The molecule has 22 heavy (non-hydrogen) atoms. The molecule has 0 unspecified atom stereocenters. The third-order valence-electron chi connectivity index (χ3n) is 5.92. The fourth-order valence-corrected chi connectivity index (χ4v) is 4.62. The van der Waals surface area contributed by atoms with E-state index in [0.717, 1.165) is 26.3 Å². The van der Waals surface area contributed by atoms with E-state index in [1.807, 2.05) is 0 Å². The van der Waals surface area contributed by atoms with Gasteiger partial charge in [-0.3, -0.25) is 9.69 Å². The first-order valence-corrected chi connectivity index (χ1v) is 8.97. The van der Waals surface area contributed by atoms with Crippen molar-refractivity contribution in [1.29, 1.82) is 0 Å². The van der Waals surface area contributed by atoms with Crippen molar-refractivity contribution in [3.63, 3.8) is 0 Å². The summed E-state index contributed by atoms with van der Waals surface area (Å²) in [5.41, 5.74) is 0. The fourth-order valence-electron chi connectivity index (χ4n) is 4.62. The van der Waals surface area contributed by atoms with Crippen LogP contribution in [-0.4, -0.2) is 81.0 Å². The Labute approximate surface area is 134 Å². The topological polar surface area (TPSA) is 38.8 Å². The van der Waals surface area contributed by atoms with Crippen LogP contribution in [-0.2, 0) is 14.3 Å². The highest BCUT2D eigenvalue weighted by atomic mass is 16.5. The number of hydrogen-bond donors (Lipinski definition) is 0. The molecule has 0 N–H and O–H groups in total. The van der Waals surface area contributed by atoms with E-state index >= 15 is 0 Å². The van der Waals surface area contributed by atoms with Gasteiger partial charge in [0.1, 0.15) is 0 Å². The van der Waals surface area contributed by atoms with Crippen molar-refractivity contribution in [2.45, 2.75) is 38.1 Å². The Hall–Kier alpha value is -0.650. The highest BCUT2D eigenvalue weighted by Gasteiger charge is 2.43. The molecule has 126 valence electrons. The molecule has 0 aromatic carbocycles. The Kier molecular flexibility index (Phi) is 5.37. The van der Waals surface area contributed by atoms with Gasteiger partial charge in [-0.25, -0.2) is 0 Å². The third kappa shape index (κ3) is 3.81. The number of rotatable bonds is 4. The Bertz CT molecular complexity index is 380. The summed E-state index contributed by atoms with van der Waals surface area (Å²) in [6.45, 7) is 6.81. The molecule has 3 atom stereocenters. The molecule has 3 aliphatic heterocycles. The smallest absolute Gasteiger partial charge is 0.320 e. The highest BCUT2D eigenvalue weighted by Crippen LogP contribution is 2.36. The van der Waals surface area contributed by atoms with E-state index in [4.69, 9.17) is 9.47 Å². The monoisotopic (exact) mass is 311 g/mol. The van der Waals surface area contributed by atoms with Crippen LogP contribution in [0, 0.1) is 5.92 Å². The van der Waals surface area contributed by atoms with E-state index in [9.17, 15) is 4.79 Å². The average molecular weight is 311 g/mol. The summed E-state index contributed by atoms with van der Waals surface area (Å²) in [4.78, 5) is 14.2. The van der Waals surface area contributed by atoms with Crippen LogP contribution in [0.15, 0.2) is 0 Å². The van der Waals surface area contributed by atoms with E-state index in [-0.39, 0.29) is 5.97 Å². The molecular formula is C17H31N2O3+. The first kappa shape index (κ1) is 16.2. The van der Waals surface area contributed by atoms with Crippen molar-refractivity contribution >= 4 is 5.97 Å². The zero-order valence-corrected chi connectivity index (χ0v) is 14.0. The largest absolute Gasteiger partial charge is 0.464 e. The molecule has 0 aromatic heterocycles. The molecule has 5 heteroatoms. The average Bonchev–Trinajstić information content (AvgIpc) is 2.53. The molecule has 5 nitrogen and oxygen atoms in total. The predicted octanol–water partition coefficient (Wildman–Crippen LogP) is 1.27. The van der Waals surface area contributed by atoms with E-state index < -0.39 is 0 Å². The Morgan fingerprint density at radius 3 is 2.77 bits per heavy atom. The molecule has 0 spiro atoms.